The van der Waals surface area contributed by atoms with Crippen LogP contribution in [0.25, 0.3) is 0 Å². The van der Waals surface area contributed by atoms with Crippen LogP contribution in [0.3, 0.4) is 0 Å². The highest BCUT2D eigenvalue weighted by Crippen LogP contribution is 2.33. The summed E-state index contributed by atoms with van der Waals surface area (Å²) < 4.78 is 50.2. The quantitative estimate of drug-likeness (QED) is 0.359. The van der Waals surface area contributed by atoms with E-state index in [1.807, 2.05) is 26.0 Å². The monoisotopic (exact) mass is 542 g/mol. The predicted octanol–water partition coefficient (Wildman–Crippen LogP) is 4.19. The van der Waals surface area contributed by atoms with Gasteiger partial charge in [0.1, 0.15) is 6.54 Å². The number of benzene rings is 3. The van der Waals surface area contributed by atoms with E-state index in [9.17, 15) is 13.2 Å². The van der Waals surface area contributed by atoms with Gasteiger partial charge in [-0.3, -0.25) is 9.10 Å². The minimum Gasteiger partial charge on any atom is -0.493 e. The van der Waals surface area contributed by atoms with Crippen LogP contribution in [0.15, 0.2) is 59.5 Å². The normalized spacial score (nSPS) is 11.0. The topological polar surface area (TPSA) is 94.6 Å². The van der Waals surface area contributed by atoms with Crippen LogP contribution < -0.4 is 23.3 Å². The first-order valence-corrected chi connectivity index (χ1v) is 13.3. The van der Waals surface area contributed by atoms with Gasteiger partial charge in [-0.15, -0.1) is 0 Å². The van der Waals surface area contributed by atoms with Crippen LogP contribution in [0.5, 0.6) is 23.0 Å². The molecule has 0 aliphatic heterocycles. The number of nitrogens with zero attached hydrogens (tertiary/aromatic N) is 2. The Balaban J connectivity index is 1.97. The molecule has 0 N–H and O–H groups in total. The van der Waals surface area contributed by atoms with Gasteiger partial charge < -0.3 is 23.8 Å². The summed E-state index contributed by atoms with van der Waals surface area (Å²) in [5, 5.41) is 0. The number of hydrogen-bond donors (Lipinski definition) is 0. The molecular formula is C28H34N2O7S. The second-order valence-corrected chi connectivity index (χ2v) is 10.7. The zero-order valence-electron chi connectivity index (χ0n) is 22.8. The molecule has 38 heavy (non-hydrogen) atoms. The van der Waals surface area contributed by atoms with E-state index in [0.717, 1.165) is 21.0 Å². The predicted molar refractivity (Wildman–Crippen MR) is 146 cm³/mol. The minimum absolute atomic E-state index is 0.0235. The largest absolute Gasteiger partial charge is 0.493 e. The van der Waals surface area contributed by atoms with Gasteiger partial charge in [0.2, 0.25) is 5.91 Å². The van der Waals surface area contributed by atoms with E-state index < -0.39 is 16.6 Å². The molecule has 0 bridgehead atoms. The molecule has 0 aromatic heterocycles. The number of hydrogen-bond acceptors (Lipinski definition) is 7. The van der Waals surface area contributed by atoms with Crippen molar-refractivity contribution < 1.29 is 32.2 Å². The summed E-state index contributed by atoms with van der Waals surface area (Å²) in [7, 11) is 3.47. The van der Waals surface area contributed by atoms with E-state index in [0.29, 0.717) is 22.9 Å². The van der Waals surface area contributed by atoms with Gasteiger partial charge in [-0.1, -0.05) is 12.1 Å². The fourth-order valence-corrected chi connectivity index (χ4v) is 5.51. The molecule has 0 fully saturated rings. The van der Waals surface area contributed by atoms with Gasteiger partial charge >= 0.3 is 0 Å². The molecule has 0 unspecified atom stereocenters. The molecule has 3 aromatic carbocycles. The molecule has 0 radical (unpaired) electrons. The second kappa shape index (κ2) is 12.1. The number of carbonyl (C=O) groups is 1. The van der Waals surface area contributed by atoms with Gasteiger partial charge in [0.05, 0.1) is 39.0 Å². The number of ether oxygens (including phenoxy) is 4. The molecule has 1 amide bonds. The molecule has 3 rings (SSSR count). The third-order valence-corrected chi connectivity index (χ3v) is 7.78. The van der Waals surface area contributed by atoms with E-state index in [1.54, 1.807) is 38.4 Å². The number of carbonyl (C=O) groups excluding carboxylic acids is 1. The van der Waals surface area contributed by atoms with Crippen molar-refractivity contribution in [1.29, 1.82) is 0 Å². The number of likely N-dealkylation sites (N-methyl/N-ethyl adjacent to an activating group) is 1. The SMILES string of the molecule is COc1ccc(CN(C)C(=O)CN(c2cc(C)cc(C)c2)S(=O)(=O)c2ccc(OC)c(OC)c2)cc1OC. The molecule has 9 nitrogen and oxygen atoms in total. The lowest BCUT2D eigenvalue weighted by molar-refractivity contribution is -0.128. The maximum absolute atomic E-state index is 13.9. The summed E-state index contributed by atoms with van der Waals surface area (Å²) in [6.07, 6.45) is 0. The summed E-state index contributed by atoms with van der Waals surface area (Å²) in [5.41, 5.74) is 2.95. The van der Waals surface area contributed by atoms with Crippen molar-refractivity contribution in [2.24, 2.45) is 0 Å². The second-order valence-electron chi connectivity index (χ2n) is 8.81. The first kappa shape index (κ1) is 28.6. The van der Waals surface area contributed by atoms with Crippen LogP contribution in [-0.2, 0) is 21.4 Å². The van der Waals surface area contributed by atoms with Gasteiger partial charge in [-0.25, -0.2) is 8.42 Å². The first-order valence-electron chi connectivity index (χ1n) is 11.8. The summed E-state index contributed by atoms with van der Waals surface area (Å²) in [5.74, 6) is 1.40. The van der Waals surface area contributed by atoms with E-state index in [4.69, 9.17) is 18.9 Å². The first-order chi connectivity index (χ1) is 18.0. The Morgan fingerprint density at radius 3 is 1.82 bits per heavy atom. The summed E-state index contributed by atoms with van der Waals surface area (Å²) in [4.78, 5) is 14.8. The minimum atomic E-state index is -4.15. The maximum atomic E-state index is 13.9. The third-order valence-electron chi connectivity index (χ3n) is 6.01. The highest BCUT2D eigenvalue weighted by molar-refractivity contribution is 7.92. The molecule has 0 spiro atoms. The van der Waals surface area contributed by atoms with Crippen molar-refractivity contribution >= 4 is 21.6 Å². The number of sulfonamides is 1. The van der Waals surface area contributed by atoms with Crippen molar-refractivity contribution in [3.05, 3.63) is 71.3 Å². The van der Waals surface area contributed by atoms with Crippen LogP contribution in [-0.4, -0.2) is 61.3 Å². The number of rotatable bonds is 11. The Hall–Kier alpha value is -3.92. The standard InChI is InChI=1S/C28H34N2O7S/c1-19-12-20(2)14-22(13-19)30(38(32,33)23-9-11-25(35-5)27(16-23)37-7)18-28(31)29(3)17-21-8-10-24(34-4)26(15-21)36-6/h8-16H,17-18H2,1-7H3. The molecule has 10 heteroatoms. The van der Waals surface area contributed by atoms with Crippen LogP contribution in [0.2, 0.25) is 0 Å². The van der Waals surface area contributed by atoms with Crippen molar-refractivity contribution in [1.82, 2.24) is 4.90 Å². The van der Waals surface area contributed by atoms with Gasteiger partial charge in [0, 0.05) is 19.7 Å². The van der Waals surface area contributed by atoms with E-state index in [-0.39, 0.29) is 23.1 Å². The Labute approximate surface area is 224 Å². The van der Waals surface area contributed by atoms with Crippen LogP contribution in [0.4, 0.5) is 5.69 Å². The molecule has 0 aliphatic carbocycles. The number of anilines is 1. The van der Waals surface area contributed by atoms with E-state index in [2.05, 4.69) is 0 Å². The van der Waals surface area contributed by atoms with Crippen molar-refractivity contribution in [3.8, 4) is 23.0 Å². The summed E-state index contributed by atoms with van der Waals surface area (Å²) in [6.45, 7) is 3.60. The molecular weight excluding hydrogens is 508 g/mol. The lowest BCUT2D eigenvalue weighted by atomic mass is 10.1. The Kier molecular flexibility index (Phi) is 9.11. The Bertz CT molecular complexity index is 1390. The lowest BCUT2D eigenvalue weighted by Crippen LogP contribution is -2.41. The van der Waals surface area contributed by atoms with E-state index in [1.165, 1.54) is 44.4 Å². The summed E-state index contributed by atoms with van der Waals surface area (Å²) in [6, 6.07) is 15.1. The van der Waals surface area contributed by atoms with Gasteiger partial charge in [0.15, 0.2) is 23.0 Å². The fraction of sp³-hybridized carbons (Fsp3) is 0.321. The summed E-state index contributed by atoms with van der Waals surface area (Å²) >= 11 is 0. The van der Waals surface area contributed by atoms with Gasteiger partial charge in [0.25, 0.3) is 10.0 Å². The average Bonchev–Trinajstić information content (AvgIpc) is 2.90. The fourth-order valence-electron chi connectivity index (χ4n) is 4.10. The molecule has 0 atom stereocenters. The molecule has 3 aromatic rings. The zero-order chi connectivity index (χ0) is 28.0. The Morgan fingerprint density at radius 2 is 1.26 bits per heavy atom. The average molecular weight is 543 g/mol. The van der Waals surface area contributed by atoms with Crippen LogP contribution >= 0.6 is 0 Å². The Morgan fingerprint density at radius 1 is 0.737 bits per heavy atom. The van der Waals surface area contributed by atoms with Gasteiger partial charge in [-0.2, -0.15) is 0 Å². The molecule has 0 aliphatic rings. The van der Waals surface area contributed by atoms with Gasteiger partial charge in [-0.05, 0) is 66.9 Å². The highest BCUT2D eigenvalue weighted by atomic mass is 32.2. The smallest absolute Gasteiger partial charge is 0.264 e. The lowest BCUT2D eigenvalue weighted by Gasteiger charge is -2.27. The number of amides is 1. The highest BCUT2D eigenvalue weighted by Gasteiger charge is 2.30. The number of methoxy groups -OCH3 is 4. The van der Waals surface area contributed by atoms with Crippen LogP contribution in [0.1, 0.15) is 16.7 Å². The maximum Gasteiger partial charge on any atom is 0.264 e. The van der Waals surface area contributed by atoms with Crippen molar-refractivity contribution in [3.63, 3.8) is 0 Å². The number of aryl methyl sites for hydroxylation is 2. The molecule has 0 saturated carbocycles. The molecule has 0 heterocycles. The zero-order valence-corrected chi connectivity index (χ0v) is 23.6. The third kappa shape index (κ3) is 6.31. The molecule has 0 saturated heterocycles. The van der Waals surface area contributed by atoms with Crippen molar-refractivity contribution in [2.45, 2.75) is 25.3 Å². The van der Waals surface area contributed by atoms with Crippen molar-refractivity contribution in [2.75, 3.05) is 46.3 Å². The molecule has 204 valence electrons. The van der Waals surface area contributed by atoms with E-state index >= 15 is 0 Å². The van der Waals surface area contributed by atoms with Crippen LogP contribution in [0, 0.1) is 13.8 Å².